The molecule has 8 nitrogen and oxygen atoms in total. The number of fused-ring (bicyclic) bond motifs is 1. The number of aromatic amines is 2. The van der Waals surface area contributed by atoms with E-state index in [4.69, 9.17) is 11.6 Å². The van der Waals surface area contributed by atoms with Crippen LogP contribution in [-0.4, -0.2) is 51.0 Å². The van der Waals surface area contributed by atoms with Crippen LogP contribution >= 0.6 is 11.6 Å². The Morgan fingerprint density at radius 2 is 2.24 bits per heavy atom. The van der Waals surface area contributed by atoms with Gasteiger partial charge in [0, 0.05) is 31.4 Å². The highest BCUT2D eigenvalue weighted by Crippen LogP contribution is 2.33. The molecule has 1 fully saturated rings. The SMILES string of the molecule is Cc1nc(C2CCCN(S(=O)(=O)c3c[nH]c4nccc(Cl)c34)C2)n[nH]1. The molecule has 1 saturated heterocycles. The molecule has 132 valence electrons. The first kappa shape index (κ1) is 16.5. The van der Waals surface area contributed by atoms with Gasteiger partial charge in [-0.15, -0.1) is 0 Å². The summed E-state index contributed by atoms with van der Waals surface area (Å²) in [5, 5.41) is 7.80. The molecule has 0 bridgehead atoms. The van der Waals surface area contributed by atoms with E-state index in [2.05, 4.69) is 25.1 Å². The zero-order valence-electron chi connectivity index (χ0n) is 13.5. The van der Waals surface area contributed by atoms with Crippen molar-refractivity contribution < 1.29 is 8.42 Å². The van der Waals surface area contributed by atoms with Gasteiger partial charge in [0.1, 0.15) is 16.4 Å². The number of nitrogens with zero attached hydrogens (tertiary/aromatic N) is 4. The quantitative estimate of drug-likeness (QED) is 0.724. The summed E-state index contributed by atoms with van der Waals surface area (Å²) in [7, 11) is -3.69. The first-order chi connectivity index (χ1) is 12.0. The van der Waals surface area contributed by atoms with E-state index in [0.717, 1.165) is 18.7 Å². The Morgan fingerprint density at radius 3 is 3.00 bits per heavy atom. The molecule has 4 heterocycles. The highest BCUT2D eigenvalue weighted by molar-refractivity contribution is 7.89. The number of rotatable bonds is 3. The third-order valence-corrected chi connectivity index (χ3v) is 6.67. The number of piperidine rings is 1. The van der Waals surface area contributed by atoms with Crippen LogP contribution in [0.2, 0.25) is 5.02 Å². The largest absolute Gasteiger partial charge is 0.345 e. The third kappa shape index (κ3) is 2.82. The molecule has 3 aromatic heterocycles. The summed E-state index contributed by atoms with van der Waals surface area (Å²) in [6.07, 6.45) is 4.62. The summed E-state index contributed by atoms with van der Waals surface area (Å²) in [5.41, 5.74) is 0.462. The van der Waals surface area contributed by atoms with Crippen molar-refractivity contribution in [2.24, 2.45) is 0 Å². The molecule has 0 aromatic carbocycles. The van der Waals surface area contributed by atoms with Crippen LogP contribution in [0.5, 0.6) is 0 Å². The predicted octanol–water partition coefficient (Wildman–Crippen LogP) is 2.21. The highest BCUT2D eigenvalue weighted by atomic mass is 35.5. The maximum Gasteiger partial charge on any atom is 0.245 e. The topological polar surface area (TPSA) is 108 Å². The third-order valence-electron chi connectivity index (χ3n) is 4.47. The lowest BCUT2D eigenvalue weighted by molar-refractivity contribution is 0.309. The van der Waals surface area contributed by atoms with Crippen LogP contribution in [0.3, 0.4) is 0 Å². The number of pyridine rings is 1. The number of nitrogens with one attached hydrogen (secondary N) is 2. The van der Waals surface area contributed by atoms with Crippen molar-refractivity contribution in [2.45, 2.75) is 30.6 Å². The molecular formula is C15H17ClN6O2S. The van der Waals surface area contributed by atoms with Gasteiger partial charge >= 0.3 is 0 Å². The van der Waals surface area contributed by atoms with Crippen molar-refractivity contribution >= 4 is 32.7 Å². The second-order valence-corrected chi connectivity index (χ2v) is 8.46. The first-order valence-corrected chi connectivity index (χ1v) is 9.79. The van der Waals surface area contributed by atoms with Crippen molar-refractivity contribution in [3.05, 3.63) is 35.1 Å². The Morgan fingerprint density at radius 1 is 1.40 bits per heavy atom. The summed E-state index contributed by atoms with van der Waals surface area (Å²) in [6.45, 7) is 2.64. The van der Waals surface area contributed by atoms with Gasteiger partial charge in [-0.1, -0.05) is 11.6 Å². The number of halogens is 1. The van der Waals surface area contributed by atoms with Gasteiger partial charge in [0.25, 0.3) is 0 Å². The number of H-pyrrole nitrogens is 2. The maximum atomic E-state index is 13.2. The average molecular weight is 381 g/mol. The van der Waals surface area contributed by atoms with Gasteiger partial charge in [-0.2, -0.15) is 9.40 Å². The minimum atomic E-state index is -3.69. The first-order valence-electron chi connectivity index (χ1n) is 7.97. The summed E-state index contributed by atoms with van der Waals surface area (Å²) < 4.78 is 27.8. The standard InChI is InChI=1S/C15H17ClN6O2S/c1-9-19-14(21-20-9)10-3-2-6-22(8-10)25(23,24)12-7-18-15-13(12)11(16)4-5-17-15/h4-5,7,10H,2-3,6,8H2,1H3,(H,17,18)(H,19,20,21). The van der Waals surface area contributed by atoms with E-state index < -0.39 is 10.0 Å². The molecule has 0 radical (unpaired) electrons. The summed E-state index contributed by atoms with van der Waals surface area (Å²) >= 11 is 6.21. The lowest BCUT2D eigenvalue weighted by atomic mass is 9.99. The Kier molecular flexibility index (Phi) is 4.01. The normalized spacial score (nSPS) is 19.5. The zero-order valence-corrected chi connectivity index (χ0v) is 15.1. The van der Waals surface area contributed by atoms with Crippen LogP contribution in [0.15, 0.2) is 23.4 Å². The van der Waals surface area contributed by atoms with E-state index in [1.54, 1.807) is 12.3 Å². The molecule has 2 N–H and O–H groups in total. The molecule has 1 aliphatic heterocycles. The van der Waals surface area contributed by atoms with Crippen molar-refractivity contribution in [1.82, 2.24) is 29.5 Å². The number of aromatic nitrogens is 5. The monoisotopic (exact) mass is 380 g/mol. The molecular weight excluding hydrogens is 364 g/mol. The van der Waals surface area contributed by atoms with Crippen LogP contribution in [0.1, 0.15) is 30.4 Å². The van der Waals surface area contributed by atoms with Crippen molar-refractivity contribution in [2.75, 3.05) is 13.1 Å². The summed E-state index contributed by atoms with van der Waals surface area (Å²) in [6, 6.07) is 1.59. The van der Waals surface area contributed by atoms with Crippen LogP contribution < -0.4 is 0 Å². The smallest absolute Gasteiger partial charge is 0.245 e. The zero-order chi connectivity index (χ0) is 17.6. The van der Waals surface area contributed by atoms with Crippen LogP contribution in [0.25, 0.3) is 11.0 Å². The molecule has 1 atom stereocenters. The number of hydrogen-bond acceptors (Lipinski definition) is 5. The average Bonchev–Trinajstić information content (AvgIpc) is 3.22. The van der Waals surface area contributed by atoms with E-state index in [0.29, 0.717) is 35.0 Å². The van der Waals surface area contributed by atoms with Crippen molar-refractivity contribution in [3.8, 4) is 0 Å². The minimum Gasteiger partial charge on any atom is -0.345 e. The van der Waals surface area contributed by atoms with Gasteiger partial charge in [-0.25, -0.2) is 18.4 Å². The van der Waals surface area contributed by atoms with E-state index in [9.17, 15) is 8.42 Å². The molecule has 4 rings (SSSR count). The molecule has 10 heteroatoms. The molecule has 0 spiro atoms. The van der Waals surface area contributed by atoms with E-state index in [1.807, 2.05) is 6.92 Å². The molecule has 25 heavy (non-hydrogen) atoms. The fourth-order valence-electron chi connectivity index (χ4n) is 3.24. The molecule has 0 aliphatic carbocycles. The molecule has 1 unspecified atom stereocenters. The second-order valence-electron chi connectivity index (χ2n) is 6.15. The lowest BCUT2D eigenvalue weighted by Crippen LogP contribution is -2.39. The number of aryl methyl sites for hydroxylation is 1. The van der Waals surface area contributed by atoms with Crippen LogP contribution in [0, 0.1) is 6.92 Å². The Balaban J connectivity index is 1.69. The van der Waals surface area contributed by atoms with Gasteiger partial charge < -0.3 is 4.98 Å². The van der Waals surface area contributed by atoms with Crippen molar-refractivity contribution in [1.29, 1.82) is 0 Å². The molecule has 1 aliphatic rings. The molecule has 3 aromatic rings. The van der Waals surface area contributed by atoms with Crippen LogP contribution in [0.4, 0.5) is 0 Å². The van der Waals surface area contributed by atoms with Gasteiger partial charge in [0.05, 0.1) is 10.4 Å². The van der Waals surface area contributed by atoms with E-state index >= 15 is 0 Å². The highest BCUT2D eigenvalue weighted by Gasteiger charge is 2.34. The number of hydrogen-bond donors (Lipinski definition) is 2. The Hall–Kier alpha value is -1.97. The summed E-state index contributed by atoms with van der Waals surface area (Å²) in [4.78, 5) is 11.5. The van der Waals surface area contributed by atoms with Gasteiger partial charge in [0.15, 0.2) is 5.82 Å². The number of sulfonamides is 1. The Labute approximate surface area is 149 Å². The van der Waals surface area contributed by atoms with Crippen molar-refractivity contribution in [3.63, 3.8) is 0 Å². The molecule has 0 saturated carbocycles. The predicted molar refractivity (Wildman–Crippen MR) is 93.0 cm³/mol. The van der Waals surface area contributed by atoms with Gasteiger partial charge in [-0.05, 0) is 25.8 Å². The molecule has 0 amide bonds. The fourth-order valence-corrected chi connectivity index (χ4v) is 5.24. The minimum absolute atomic E-state index is 0.0210. The van der Waals surface area contributed by atoms with Gasteiger partial charge in [-0.3, -0.25) is 5.10 Å². The van der Waals surface area contributed by atoms with Crippen LogP contribution in [-0.2, 0) is 10.0 Å². The van der Waals surface area contributed by atoms with Gasteiger partial charge in [0.2, 0.25) is 10.0 Å². The fraction of sp³-hybridized carbons (Fsp3) is 0.400. The second kappa shape index (κ2) is 6.08. The Bertz CT molecular complexity index is 1030. The summed E-state index contributed by atoms with van der Waals surface area (Å²) in [5.74, 6) is 1.37. The van der Waals surface area contributed by atoms with E-state index in [-0.39, 0.29) is 10.8 Å². The van der Waals surface area contributed by atoms with E-state index in [1.165, 1.54) is 10.5 Å². The maximum absolute atomic E-state index is 13.2. The lowest BCUT2D eigenvalue weighted by Gasteiger charge is -2.30.